The van der Waals surface area contributed by atoms with Crippen LogP contribution in [-0.2, 0) is 21.2 Å². The van der Waals surface area contributed by atoms with E-state index in [1.807, 2.05) is 13.0 Å². The number of rotatable bonds is 5. The minimum atomic E-state index is -3.77. The largest absolute Gasteiger partial charge is 0.369 e. The fraction of sp³-hybridized carbons (Fsp3) is 0.133. The van der Waals surface area contributed by atoms with Crippen LogP contribution in [0.2, 0.25) is 0 Å². The van der Waals surface area contributed by atoms with Crippen LogP contribution in [0.25, 0.3) is 0 Å². The quantitative estimate of drug-likeness (QED) is 0.832. The molecule has 0 spiro atoms. The van der Waals surface area contributed by atoms with Crippen molar-refractivity contribution in [2.24, 2.45) is 5.73 Å². The number of carbonyl (C=O) groups excluding carboxylic acids is 1. The van der Waals surface area contributed by atoms with E-state index in [2.05, 4.69) is 20.7 Å². The number of anilines is 1. The van der Waals surface area contributed by atoms with Gasteiger partial charge in [-0.25, -0.2) is 8.42 Å². The number of primary amides is 1. The van der Waals surface area contributed by atoms with Gasteiger partial charge in [0.25, 0.3) is 10.0 Å². The highest BCUT2D eigenvalue weighted by molar-refractivity contribution is 9.10. The molecule has 0 fully saturated rings. The number of aryl methyl sites for hydroxylation is 1. The van der Waals surface area contributed by atoms with Crippen LogP contribution in [0.4, 0.5) is 5.69 Å². The summed E-state index contributed by atoms with van der Waals surface area (Å²) in [5, 5.41) is 0. The number of para-hydroxylation sites is 1. The van der Waals surface area contributed by atoms with Crippen molar-refractivity contribution in [3.8, 4) is 0 Å². The predicted molar refractivity (Wildman–Crippen MR) is 89.0 cm³/mol. The topological polar surface area (TPSA) is 89.3 Å². The maximum Gasteiger partial charge on any atom is 0.263 e. The fourth-order valence-electron chi connectivity index (χ4n) is 1.99. The van der Waals surface area contributed by atoms with Crippen LogP contribution in [-0.4, -0.2) is 14.3 Å². The maximum absolute atomic E-state index is 12.6. The lowest BCUT2D eigenvalue weighted by Crippen LogP contribution is -2.18. The molecule has 3 N–H and O–H groups in total. The van der Waals surface area contributed by atoms with E-state index in [-0.39, 0.29) is 11.3 Å². The third kappa shape index (κ3) is 3.66. The zero-order valence-corrected chi connectivity index (χ0v) is 14.2. The monoisotopic (exact) mass is 382 g/mol. The summed E-state index contributed by atoms with van der Waals surface area (Å²) in [5.41, 5.74) is 6.87. The van der Waals surface area contributed by atoms with Gasteiger partial charge in [-0.1, -0.05) is 30.3 Å². The van der Waals surface area contributed by atoms with Crippen LogP contribution < -0.4 is 10.5 Å². The Kier molecular flexibility index (Phi) is 4.87. The zero-order chi connectivity index (χ0) is 16.3. The number of nitrogens with two attached hydrogens (primary N) is 1. The average Bonchev–Trinajstić information content (AvgIpc) is 2.43. The molecule has 0 radical (unpaired) electrons. The van der Waals surface area contributed by atoms with E-state index in [1.54, 1.807) is 30.3 Å². The van der Waals surface area contributed by atoms with E-state index in [0.29, 0.717) is 15.7 Å². The van der Waals surface area contributed by atoms with Crippen molar-refractivity contribution in [1.29, 1.82) is 0 Å². The first kappa shape index (κ1) is 16.5. The Hall–Kier alpha value is -1.86. The Morgan fingerprint density at radius 3 is 2.55 bits per heavy atom. The lowest BCUT2D eigenvalue weighted by Gasteiger charge is -2.13. The highest BCUT2D eigenvalue weighted by Gasteiger charge is 2.20. The number of hydrogen-bond donors (Lipinski definition) is 2. The second-order valence-corrected chi connectivity index (χ2v) is 7.24. The smallest absolute Gasteiger partial charge is 0.263 e. The molecule has 22 heavy (non-hydrogen) atoms. The van der Waals surface area contributed by atoms with E-state index in [1.165, 1.54) is 6.07 Å². The molecule has 0 heterocycles. The normalized spacial score (nSPS) is 11.2. The van der Waals surface area contributed by atoms with Crippen molar-refractivity contribution in [2.75, 3.05) is 4.72 Å². The van der Waals surface area contributed by atoms with Gasteiger partial charge in [0.15, 0.2) is 0 Å². The fourth-order valence-corrected chi connectivity index (χ4v) is 4.15. The van der Waals surface area contributed by atoms with Gasteiger partial charge in [0.2, 0.25) is 5.91 Å². The Bertz CT molecular complexity index is 819. The van der Waals surface area contributed by atoms with Gasteiger partial charge in [-0.2, -0.15) is 0 Å². The molecule has 0 aliphatic heterocycles. The second kappa shape index (κ2) is 6.50. The van der Waals surface area contributed by atoms with Gasteiger partial charge in [0, 0.05) is 4.47 Å². The minimum absolute atomic E-state index is 0.0340. The summed E-state index contributed by atoms with van der Waals surface area (Å²) in [5.74, 6) is -0.525. The van der Waals surface area contributed by atoms with Crippen molar-refractivity contribution in [1.82, 2.24) is 0 Å². The Morgan fingerprint density at radius 2 is 1.86 bits per heavy atom. The number of carbonyl (C=O) groups is 1. The molecule has 0 aliphatic carbocycles. The Morgan fingerprint density at radius 1 is 1.18 bits per heavy atom. The molecule has 0 saturated heterocycles. The lowest BCUT2D eigenvalue weighted by atomic mass is 10.1. The summed E-state index contributed by atoms with van der Waals surface area (Å²) >= 11 is 3.29. The highest BCUT2D eigenvalue weighted by Crippen LogP contribution is 2.28. The maximum atomic E-state index is 12.6. The summed E-state index contributed by atoms with van der Waals surface area (Å²) in [4.78, 5) is 11.2. The standard InChI is InChI=1S/C15H15BrN2O3S/c1-10-5-4-8-13(15(10)16)22(20,21)18-12-7-3-2-6-11(12)9-14(17)19/h2-8,18H,9H2,1H3,(H2,17,19). The zero-order valence-electron chi connectivity index (χ0n) is 11.8. The van der Waals surface area contributed by atoms with Crippen molar-refractivity contribution in [3.63, 3.8) is 0 Å². The van der Waals surface area contributed by atoms with Crippen LogP contribution in [0.15, 0.2) is 51.8 Å². The molecule has 0 unspecified atom stereocenters. The van der Waals surface area contributed by atoms with E-state index in [4.69, 9.17) is 5.73 Å². The molecule has 1 amide bonds. The van der Waals surface area contributed by atoms with Crippen LogP contribution in [0.5, 0.6) is 0 Å². The van der Waals surface area contributed by atoms with E-state index >= 15 is 0 Å². The summed E-state index contributed by atoms with van der Waals surface area (Å²) < 4.78 is 28.1. The van der Waals surface area contributed by atoms with Gasteiger partial charge >= 0.3 is 0 Å². The van der Waals surface area contributed by atoms with Gasteiger partial charge in [-0.3, -0.25) is 9.52 Å². The SMILES string of the molecule is Cc1cccc(S(=O)(=O)Nc2ccccc2CC(N)=O)c1Br. The predicted octanol–water partition coefficient (Wildman–Crippen LogP) is 2.59. The molecule has 5 nitrogen and oxygen atoms in total. The Labute approximate surface area is 137 Å². The van der Waals surface area contributed by atoms with Crippen molar-refractivity contribution >= 4 is 37.5 Å². The molecule has 7 heteroatoms. The first-order valence-electron chi connectivity index (χ1n) is 6.45. The molecule has 2 aromatic carbocycles. The average molecular weight is 383 g/mol. The number of nitrogens with one attached hydrogen (secondary N) is 1. The van der Waals surface area contributed by atoms with Crippen molar-refractivity contribution in [2.45, 2.75) is 18.2 Å². The molecule has 0 aliphatic rings. The van der Waals surface area contributed by atoms with Crippen LogP contribution in [0.1, 0.15) is 11.1 Å². The molecule has 116 valence electrons. The van der Waals surface area contributed by atoms with Gasteiger partial charge in [-0.15, -0.1) is 0 Å². The molecule has 0 aromatic heterocycles. The molecular weight excluding hydrogens is 368 g/mol. The van der Waals surface area contributed by atoms with Crippen molar-refractivity contribution in [3.05, 3.63) is 58.1 Å². The van der Waals surface area contributed by atoms with Crippen LogP contribution >= 0.6 is 15.9 Å². The third-order valence-electron chi connectivity index (χ3n) is 3.07. The third-order valence-corrected chi connectivity index (χ3v) is 5.80. The number of sulfonamides is 1. The summed E-state index contributed by atoms with van der Waals surface area (Å²) in [6.45, 7) is 1.81. The van der Waals surface area contributed by atoms with Crippen LogP contribution in [0.3, 0.4) is 0 Å². The van der Waals surface area contributed by atoms with Crippen LogP contribution in [0, 0.1) is 6.92 Å². The van der Waals surface area contributed by atoms with Gasteiger partial charge in [-0.05, 0) is 46.1 Å². The summed E-state index contributed by atoms with van der Waals surface area (Å²) in [6, 6.07) is 11.7. The molecule has 0 atom stereocenters. The molecule has 2 aromatic rings. The first-order valence-corrected chi connectivity index (χ1v) is 8.73. The first-order chi connectivity index (χ1) is 10.3. The second-order valence-electron chi connectivity index (χ2n) is 4.79. The minimum Gasteiger partial charge on any atom is -0.369 e. The van der Waals surface area contributed by atoms with E-state index in [9.17, 15) is 13.2 Å². The van der Waals surface area contributed by atoms with Gasteiger partial charge < -0.3 is 5.73 Å². The number of benzene rings is 2. The molecule has 0 saturated carbocycles. The lowest BCUT2D eigenvalue weighted by molar-refractivity contribution is -0.117. The van der Waals surface area contributed by atoms with Gasteiger partial charge in [0.05, 0.1) is 12.1 Å². The number of halogens is 1. The van der Waals surface area contributed by atoms with E-state index in [0.717, 1.165) is 5.56 Å². The van der Waals surface area contributed by atoms with E-state index < -0.39 is 15.9 Å². The van der Waals surface area contributed by atoms with Gasteiger partial charge in [0.1, 0.15) is 4.90 Å². The molecule has 2 rings (SSSR count). The van der Waals surface area contributed by atoms with Crippen molar-refractivity contribution < 1.29 is 13.2 Å². The highest BCUT2D eigenvalue weighted by atomic mass is 79.9. The summed E-state index contributed by atoms with van der Waals surface area (Å²) in [6.07, 6.45) is -0.0340. The number of amides is 1. The molecule has 0 bridgehead atoms. The molecular formula is C15H15BrN2O3S. The Balaban J connectivity index is 2.42. The summed E-state index contributed by atoms with van der Waals surface area (Å²) in [7, 11) is -3.77. The number of hydrogen-bond acceptors (Lipinski definition) is 3.